The van der Waals surface area contributed by atoms with Crippen LogP contribution in [0.1, 0.15) is 106 Å². The van der Waals surface area contributed by atoms with E-state index in [1.807, 2.05) is 132 Å². The molecule has 0 N–H and O–H groups in total. The second-order valence-corrected chi connectivity index (χ2v) is 19.7. The van der Waals surface area contributed by atoms with E-state index in [1.54, 1.807) is 24.3 Å². The van der Waals surface area contributed by atoms with E-state index < -0.39 is 21.7 Å². The zero-order chi connectivity index (χ0) is 39.6. The third-order valence-electron chi connectivity index (χ3n) is 9.49. The zero-order valence-electron chi connectivity index (χ0n) is 32.7. The lowest BCUT2D eigenvalue weighted by molar-refractivity contribution is -0.114. The number of halogens is 4. The molecule has 0 amide bonds. The average Bonchev–Trinajstić information content (AvgIpc) is 3.47. The molecule has 0 saturated heterocycles. The molecule has 7 heteroatoms. The Balaban J connectivity index is 1.92. The summed E-state index contributed by atoms with van der Waals surface area (Å²) in [4.78, 5) is 28.0. The highest BCUT2D eigenvalue weighted by molar-refractivity contribution is 6.36. The first-order valence-corrected chi connectivity index (χ1v) is 19.3. The summed E-state index contributed by atoms with van der Waals surface area (Å²) in [5.74, 6) is 1.10. The molecule has 0 radical (unpaired) electrons. The molecule has 3 aromatic rings. The Labute approximate surface area is 335 Å². The van der Waals surface area contributed by atoms with Crippen LogP contribution in [-0.4, -0.2) is 11.6 Å². The fraction of sp³-hybridized carbons (Fsp3) is 0.348. The molecule has 3 nitrogen and oxygen atoms in total. The summed E-state index contributed by atoms with van der Waals surface area (Å²) in [5.41, 5.74) is 5.39. The lowest BCUT2D eigenvalue weighted by Crippen LogP contribution is -2.28. The number of rotatable bonds is 4. The smallest absolute Gasteiger partial charge is 0.186 e. The standard InChI is InChI=1S/C46H48Cl4O3/c1-43(2,3)31-19-25(20-32(41(31)51)44(4,5)6)39(29-15-13-27(47)23-35(29)49)37-17-18-38(53-37)40(30-16-14-28(48)24-36(30)50)26-21-33(45(7,8)9)42(52)34(22-26)46(10,11)12/h13-24H,1-12H3. The molecule has 0 spiro atoms. The van der Waals surface area contributed by atoms with Gasteiger partial charge in [-0.25, -0.2) is 0 Å². The molecular weight excluding hydrogens is 742 g/mol. The van der Waals surface area contributed by atoms with Gasteiger partial charge in [0.25, 0.3) is 0 Å². The highest BCUT2D eigenvalue weighted by Gasteiger charge is 2.37. The van der Waals surface area contributed by atoms with E-state index >= 15 is 0 Å². The summed E-state index contributed by atoms with van der Waals surface area (Å²) < 4.78 is 6.94. The van der Waals surface area contributed by atoms with Crippen LogP contribution >= 0.6 is 46.4 Å². The summed E-state index contributed by atoms with van der Waals surface area (Å²) in [6.45, 7) is 24.5. The number of furan rings is 1. The molecule has 5 rings (SSSR count). The van der Waals surface area contributed by atoms with Crippen molar-refractivity contribution >= 4 is 69.1 Å². The van der Waals surface area contributed by atoms with Gasteiger partial charge >= 0.3 is 0 Å². The molecule has 0 unspecified atom stereocenters. The van der Waals surface area contributed by atoms with E-state index in [2.05, 4.69) is 0 Å². The first-order valence-electron chi connectivity index (χ1n) is 17.8. The maximum absolute atomic E-state index is 14.0. The second-order valence-electron chi connectivity index (χ2n) is 18.0. The van der Waals surface area contributed by atoms with Crippen LogP contribution in [-0.2, 0) is 9.59 Å². The number of hydrogen-bond acceptors (Lipinski definition) is 3. The van der Waals surface area contributed by atoms with Gasteiger partial charge in [0.1, 0.15) is 11.5 Å². The summed E-state index contributed by atoms with van der Waals surface area (Å²) in [6, 6.07) is 14.6. The Morgan fingerprint density at radius 3 is 0.981 bits per heavy atom. The number of benzene rings is 2. The minimum Gasteiger partial charge on any atom is -0.456 e. The van der Waals surface area contributed by atoms with Crippen molar-refractivity contribution < 1.29 is 14.0 Å². The minimum atomic E-state index is -0.439. The minimum absolute atomic E-state index is 0.0227. The van der Waals surface area contributed by atoms with E-state index in [1.165, 1.54) is 0 Å². The molecule has 0 atom stereocenters. The van der Waals surface area contributed by atoms with Crippen LogP contribution in [0.3, 0.4) is 0 Å². The fourth-order valence-electron chi connectivity index (χ4n) is 6.63. The molecule has 53 heavy (non-hydrogen) atoms. The lowest BCUT2D eigenvalue weighted by Gasteiger charge is -2.32. The molecule has 1 heterocycles. The molecule has 0 aliphatic heterocycles. The highest BCUT2D eigenvalue weighted by Crippen LogP contribution is 2.46. The highest BCUT2D eigenvalue weighted by atomic mass is 35.5. The number of ketones is 2. The zero-order valence-corrected chi connectivity index (χ0v) is 35.7. The quantitative estimate of drug-likeness (QED) is 0.264. The normalized spacial score (nSPS) is 16.0. The summed E-state index contributed by atoms with van der Waals surface area (Å²) in [7, 11) is 0. The fourth-order valence-corrected chi connectivity index (χ4v) is 7.63. The van der Waals surface area contributed by atoms with Gasteiger partial charge in [0.15, 0.2) is 11.6 Å². The van der Waals surface area contributed by atoms with Gasteiger partial charge in [0, 0.05) is 54.6 Å². The van der Waals surface area contributed by atoms with Crippen molar-refractivity contribution in [3.63, 3.8) is 0 Å². The van der Waals surface area contributed by atoms with E-state index in [9.17, 15) is 9.59 Å². The van der Waals surface area contributed by atoms with Crippen molar-refractivity contribution in [3.8, 4) is 0 Å². The van der Waals surface area contributed by atoms with Crippen LogP contribution < -0.4 is 0 Å². The van der Waals surface area contributed by atoms with Gasteiger partial charge in [-0.15, -0.1) is 0 Å². The molecule has 0 bridgehead atoms. The van der Waals surface area contributed by atoms with Gasteiger partial charge in [-0.1, -0.05) is 142 Å². The Hall–Kier alpha value is -3.34. The number of Topliss-reactive ketones (excluding diaryl/α,β-unsaturated/α-hetero) is 2. The number of carbonyl (C=O) groups is 2. The first kappa shape index (κ1) is 40.8. The molecule has 2 aromatic carbocycles. The van der Waals surface area contributed by atoms with E-state index in [0.717, 1.165) is 11.1 Å². The van der Waals surface area contributed by atoms with Crippen LogP contribution in [0.4, 0.5) is 0 Å². The van der Waals surface area contributed by atoms with Crippen molar-refractivity contribution in [1.82, 2.24) is 0 Å². The number of allylic oxidation sites excluding steroid dienone is 10. The summed E-state index contributed by atoms with van der Waals surface area (Å²) in [6.07, 6.45) is 7.83. The van der Waals surface area contributed by atoms with Crippen LogP contribution in [0.15, 0.2) is 111 Å². The molecule has 2 aliphatic carbocycles. The SMILES string of the molecule is CC(C)(C)C1=CC(=C(c2ccc(C(=C3C=C(C(C)(C)C)C(=O)C(C(C)(C)C)=C3)c3ccc(Cl)cc3Cl)o2)c2ccc(Cl)cc2Cl)C=C(C(C)(C)C)C1=O. The Kier molecular flexibility index (Phi) is 11.1. The van der Waals surface area contributed by atoms with Crippen LogP contribution in [0.2, 0.25) is 20.1 Å². The largest absolute Gasteiger partial charge is 0.456 e. The van der Waals surface area contributed by atoms with E-state index in [4.69, 9.17) is 50.8 Å². The molecule has 2 aliphatic rings. The number of hydrogen-bond donors (Lipinski definition) is 0. The monoisotopic (exact) mass is 788 g/mol. The van der Waals surface area contributed by atoms with Gasteiger partial charge < -0.3 is 4.42 Å². The van der Waals surface area contributed by atoms with Crippen molar-refractivity contribution in [1.29, 1.82) is 0 Å². The Morgan fingerprint density at radius 2 is 0.736 bits per heavy atom. The second kappa shape index (κ2) is 14.4. The van der Waals surface area contributed by atoms with Crippen molar-refractivity contribution in [2.45, 2.75) is 83.1 Å². The van der Waals surface area contributed by atoms with Crippen LogP contribution in [0.25, 0.3) is 11.1 Å². The Morgan fingerprint density at radius 1 is 0.453 bits per heavy atom. The van der Waals surface area contributed by atoms with Crippen molar-refractivity contribution in [3.05, 3.63) is 149 Å². The van der Waals surface area contributed by atoms with Crippen molar-refractivity contribution in [2.75, 3.05) is 0 Å². The lowest BCUT2D eigenvalue weighted by atomic mass is 9.71. The van der Waals surface area contributed by atoms with Crippen molar-refractivity contribution in [2.24, 2.45) is 21.7 Å². The molecular formula is C46H48Cl4O3. The van der Waals surface area contributed by atoms with Crippen LogP contribution in [0, 0.1) is 21.7 Å². The van der Waals surface area contributed by atoms with E-state index in [0.29, 0.717) is 76.2 Å². The Bertz CT molecular complexity index is 1990. The topological polar surface area (TPSA) is 47.3 Å². The summed E-state index contributed by atoms with van der Waals surface area (Å²) >= 11 is 26.8. The van der Waals surface area contributed by atoms with Crippen LogP contribution in [0.5, 0.6) is 0 Å². The van der Waals surface area contributed by atoms with Gasteiger partial charge in [-0.2, -0.15) is 0 Å². The maximum Gasteiger partial charge on any atom is 0.186 e. The van der Waals surface area contributed by atoms with E-state index in [-0.39, 0.29) is 11.6 Å². The predicted octanol–water partition coefficient (Wildman–Crippen LogP) is 14.6. The van der Waals surface area contributed by atoms with Gasteiger partial charge in [-0.05, 0) is 93.5 Å². The first-order chi connectivity index (χ1) is 24.3. The van der Waals surface area contributed by atoms with Gasteiger partial charge in [0.2, 0.25) is 0 Å². The molecule has 0 fully saturated rings. The third kappa shape index (κ3) is 8.50. The molecule has 278 valence electrons. The summed E-state index contributed by atoms with van der Waals surface area (Å²) in [5, 5.41) is 1.87. The van der Waals surface area contributed by atoms with Gasteiger partial charge in [-0.3, -0.25) is 9.59 Å². The average molecular weight is 791 g/mol. The molecule has 1 aromatic heterocycles. The van der Waals surface area contributed by atoms with Gasteiger partial charge in [0.05, 0.1) is 10.0 Å². The third-order valence-corrected chi connectivity index (χ3v) is 10.6. The number of carbonyl (C=O) groups excluding carboxylic acids is 2. The maximum atomic E-state index is 14.0. The molecule has 0 saturated carbocycles. The predicted molar refractivity (Wildman–Crippen MR) is 224 cm³/mol.